The van der Waals surface area contributed by atoms with Gasteiger partial charge in [-0.25, -0.2) is 0 Å². The fraction of sp³-hybridized carbons (Fsp3) is 0.143. The fourth-order valence-corrected chi connectivity index (χ4v) is 2.79. The average Bonchev–Trinajstić information content (AvgIpc) is 3.14. The molecule has 26 heavy (non-hydrogen) atoms. The van der Waals surface area contributed by atoms with Crippen molar-refractivity contribution in [1.29, 1.82) is 0 Å². The molecule has 0 spiro atoms. The Balaban J connectivity index is 1.75. The molecule has 1 aromatic heterocycles. The Morgan fingerprint density at radius 1 is 1.08 bits per heavy atom. The van der Waals surface area contributed by atoms with Crippen LogP contribution in [-0.4, -0.2) is 4.92 Å². The molecule has 3 aromatic rings. The zero-order valence-corrected chi connectivity index (χ0v) is 14.1. The van der Waals surface area contributed by atoms with Crippen molar-refractivity contribution >= 4 is 5.69 Å². The maximum Gasteiger partial charge on any atom is 0.280 e. The van der Waals surface area contributed by atoms with Crippen molar-refractivity contribution in [2.45, 2.75) is 19.0 Å². The molecular formula is C21H18N2O3. The maximum absolute atomic E-state index is 11.2. The molecule has 1 N–H and O–H groups in total. The minimum Gasteiger partial charge on any atom is -0.459 e. The van der Waals surface area contributed by atoms with Gasteiger partial charge in [0.25, 0.3) is 5.69 Å². The number of nitro groups is 1. The van der Waals surface area contributed by atoms with Crippen LogP contribution < -0.4 is 5.32 Å². The van der Waals surface area contributed by atoms with Gasteiger partial charge in [0.2, 0.25) is 0 Å². The van der Waals surface area contributed by atoms with E-state index in [1.807, 2.05) is 36.4 Å². The number of nitrogens with one attached hydrogen (secondary N) is 1. The molecule has 0 fully saturated rings. The second-order valence-corrected chi connectivity index (χ2v) is 5.79. The third-order valence-corrected chi connectivity index (χ3v) is 4.07. The van der Waals surface area contributed by atoms with Gasteiger partial charge in [-0.1, -0.05) is 42.5 Å². The molecule has 3 rings (SSSR count). The lowest BCUT2D eigenvalue weighted by Gasteiger charge is -2.16. The number of nitro benzene ring substituents is 1. The Labute approximate surface area is 151 Å². The van der Waals surface area contributed by atoms with Crippen LogP contribution in [0.25, 0.3) is 11.3 Å². The largest absolute Gasteiger partial charge is 0.459 e. The Hall–Kier alpha value is -3.36. The van der Waals surface area contributed by atoms with E-state index in [9.17, 15) is 10.1 Å². The molecule has 1 atom stereocenters. The topological polar surface area (TPSA) is 68.3 Å². The summed E-state index contributed by atoms with van der Waals surface area (Å²) in [4.78, 5) is 10.8. The molecule has 0 saturated carbocycles. The summed E-state index contributed by atoms with van der Waals surface area (Å²) in [6, 6.07) is 20.1. The van der Waals surface area contributed by atoms with Crippen molar-refractivity contribution in [1.82, 2.24) is 5.32 Å². The van der Waals surface area contributed by atoms with Crippen LogP contribution in [0.2, 0.25) is 0 Å². The molecule has 5 heteroatoms. The molecule has 2 aromatic carbocycles. The second kappa shape index (κ2) is 8.15. The first kappa shape index (κ1) is 17.5. The smallest absolute Gasteiger partial charge is 0.280 e. The first-order valence-electron chi connectivity index (χ1n) is 8.23. The molecular weight excluding hydrogens is 328 g/mol. The molecule has 5 nitrogen and oxygen atoms in total. The SMILES string of the molecule is C#CC[C@H](NCc1ccc(-c2ccccc2[N+](=O)[O-])o1)c1ccccc1. The minimum absolute atomic E-state index is 0.0146. The molecule has 0 aliphatic rings. The molecule has 0 saturated heterocycles. The van der Waals surface area contributed by atoms with Crippen LogP contribution in [0.5, 0.6) is 0 Å². The highest BCUT2D eigenvalue weighted by Crippen LogP contribution is 2.31. The van der Waals surface area contributed by atoms with Gasteiger partial charge in [-0.15, -0.1) is 12.3 Å². The van der Waals surface area contributed by atoms with E-state index in [4.69, 9.17) is 10.8 Å². The number of para-hydroxylation sites is 1. The van der Waals surface area contributed by atoms with Crippen molar-refractivity contribution in [2.24, 2.45) is 0 Å². The quantitative estimate of drug-likeness (QED) is 0.382. The van der Waals surface area contributed by atoms with Crippen molar-refractivity contribution in [2.75, 3.05) is 0 Å². The van der Waals surface area contributed by atoms with E-state index < -0.39 is 4.92 Å². The number of benzene rings is 2. The Bertz CT molecular complexity index is 926. The Morgan fingerprint density at radius 2 is 1.81 bits per heavy atom. The molecule has 0 bridgehead atoms. The summed E-state index contributed by atoms with van der Waals surface area (Å²) in [6.07, 6.45) is 6.04. The maximum atomic E-state index is 11.2. The van der Waals surface area contributed by atoms with E-state index in [1.54, 1.807) is 24.3 Å². The second-order valence-electron chi connectivity index (χ2n) is 5.79. The lowest BCUT2D eigenvalue weighted by atomic mass is 10.0. The molecule has 0 amide bonds. The number of hydrogen-bond donors (Lipinski definition) is 1. The van der Waals surface area contributed by atoms with Crippen LogP contribution in [0.4, 0.5) is 5.69 Å². The van der Waals surface area contributed by atoms with Crippen LogP contribution in [0.1, 0.15) is 23.8 Å². The number of furan rings is 1. The molecule has 130 valence electrons. The molecule has 0 radical (unpaired) electrons. The minimum atomic E-state index is -0.409. The summed E-state index contributed by atoms with van der Waals surface area (Å²) < 4.78 is 5.81. The van der Waals surface area contributed by atoms with Crippen molar-refractivity contribution in [3.05, 3.63) is 88.2 Å². The van der Waals surface area contributed by atoms with Crippen LogP contribution in [0.3, 0.4) is 0 Å². The Morgan fingerprint density at radius 3 is 2.54 bits per heavy atom. The molecule has 0 aliphatic carbocycles. The summed E-state index contributed by atoms with van der Waals surface area (Å²) in [5, 5.41) is 14.6. The van der Waals surface area contributed by atoms with Gasteiger partial charge in [-0.2, -0.15) is 0 Å². The number of hydrogen-bond acceptors (Lipinski definition) is 4. The van der Waals surface area contributed by atoms with Crippen molar-refractivity contribution in [3.8, 4) is 23.7 Å². The lowest BCUT2D eigenvalue weighted by Crippen LogP contribution is -2.20. The van der Waals surface area contributed by atoms with Gasteiger partial charge in [0.05, 0.1) is 17.0 Å². The highest BCUT2D eigenvalue weighted by Gasteiger charge is 2.17. The lowest BCUT2D eigenvalue weighted by molar-refractivity contribution is -0.384. The van der Waals surface area contributed by atoms with Crippen molar-refractivity contribution in [3.63, 3.8) is 0 Å². The predicted octanol–water partition coefficient (Wildman–Crippen LogP) is 4.71. The average molecular weight is 346 g/mol. The van der Waals surface area contributed by atoms with Crippen LogP contribution in [0, 0.1) is 22.5 Å². The van der Waals surface area contributed by atoms with Crippen LogP contribution >= 0.6 is 0 Å². The predicted molar refractivity (Wildman–Crippen MR) is 100 cm³/mol. The van der Waals surface area contributed by atoms with E-state index >= 15 is 0 Å². The molecule has 0 unspecified atom stereocenters. The standard InChI is InChI=1S/C21H18N2O3/c1-2-8-19(16-9-4-3-5-10-16)22-15-17-13-14-21(26-17)18-11-6-7-12-20(18)23(24)25/h1,3-7,9-14,19,22H,8,15H2/t19-/m0/s1. The summed E-state index contributed by atoms with van der Waals surface area (Å²) in [6.45, 7) is 0.474. The van der Waals surface area contributed by atoms with E-state index in [0.29, 0.717) is 30.0 Å². The zero-order chi connectivity index (χ0) is 18.4. The third-order valence-electron chi connectivity index (χ3n) is 4.07. The number of rotatable bonds is 7. The highest BCUT2D eigenvalue weighted by molar-refractivity contribution is 5.69. The van der Waals surface area contributed by atoms with E-state index in [0.717, 1.165) is 5.56 Å². The van der Waals surface area contributed by atoms with E-state index in [2.05, 4.69) is 11.2 Å². The molecule has 0 aliphatic heterocycles. The number of nitrogens with zero attached hydrogens (tertiary/aromatic N) is 1. The van der Waals surface area contributed by atoms with Gasteiger partial charge in [0.1, 0.15) is 11.5 Å². The first-order valence-corrected chi connectivity index (χ1v) is 8.23. The van der Waals surface area contributed by atoms with Gasteiger partial charge < -0.3 is 9.73 Å². The normalized spacial score (nSPS) is 11.7. The van der Waals surface area contributed by atoms with Crippen molar-refractivity contribution < 1.29 is 9.34 Å². The van der Waals surface area contributed by atoms with Gasteiger partial charge in [0, 0.05) is 18.5 Å². The Kier molecular flexibility index (Phi) is 5.47. The third kappa shape index (κ3) is 4.00. The van der Waals surface area contributed by atoms with E-state index in [1.165, 1.54) is 6.07 Å². The van der Waals surface area contributed by atoms with Crippen LogP contribution in [-0.2, 0) is 6.54 Å². The fourth-order valence-electron chi connectivity index (χ4n) is 2.79. The van der Waals surface area contributed by atoms with Gasteiger partial charge in [-0.3, -0.25) is 10.1 Å². The summed E-state index contributed by atoms with van der Waals surface area (Å²) in [7, 11) is 0. The number of terminal acetylenes is 1. The summed E-state index contributed by atoms with van der Waals surface area (Å²) in [5.41, 5.74) is 1.60. The van der Waals surface area contributed by atoms with Gasteiger partial charge in [-0.05, 0) is 23.8 Å². The van der Waals surface area contributed by atoms with Gasteiger partial charge >= 0.3 is 0 Å². The van der Waals surface area contributed by atoms with Crippen LogP contribution in [0.15, 0.2) is 71.1 Å². The zero-order valence-electron chi connectivity index (χ0n) is 14.1. The molecule has 1 heterocycles. The monoisotopic (exact) mass is 346 g/mol. The van der Waals surface area contributed by atoms with Gasteiger partial charge in [0.15, 0.2) is 0 Å². The summed E-state index contributed by atoms with van der Waals surface area (Å²) in [5.74, 6) is 3.85. The van der Waals surface area contributed by atoms with E-state index in [-0.39, 0.29) is 11.7 Å². The highest BCUT2D eigenvalue weighted by atomic mass is 16.6. The summed E-state index contributed by atoms with van der Waals surface area (Å²) >= 11 is 0. The first-order chi connectivity index (χ1) is 12.7.